The largest absolute Gasteiger partial charge is 0.416 e. The van der Waals surface area contributed by atoms with E-state index < -0.39 is 11.7 Å². The number of thiazole rings is 1. The molecule has 0 atom stereocenters. The van der Waals surface area contributed by atoms with Crippen LogP contribution in [0.3, 0.4) is 0 Å². The van der Waals surface area contributed by atoms with Gasteiger partial charge in [-0.05, 0) is 30.2 Å². The van der Waals surface area contributed by atoms with E-state index in [2.05, 4.69) is 4.99 Å². The second-order valence-corrected chi connectivity index (χ2v) is 5.71. The van der Waals surface area contributed by atoms with E-state index in [1.807, 2.05) is 0 Å². The highest BCUT2D eigenvalue weighted by Gasteiger charge is 2.29. The Hall–Kier alpha value is -1.89. The maximum absolute atomic E-state index is 12.5. The Morgan fingerprint density at radius 2 is 1.95 bits per heavy atom. The zero-order valence-corrected chi connectivity index (χ0v) is 11.7. The zero-order chi connectivity index (χ0) is 15.0. The van der Waals surface area contributed by atoms with Crippen LogP contribution in [0.4, 0.5) is 13.2 Å². The Kier molecular flexibility index (Phi) is 3.44. The number of alkyl halides is 3. The van der Waals surface area contributed by atoms with Crippen LogP contribution in [0.5, 0.6) is 0 Å². The molecule has 1 aromatic carbocycles. The monoisotopic (exact) mass is 312 g/mol. The van der Waals surface area contributed by atoms with Crippen molar-refractivity contribution in [1.82, 2.24) is 4.57 Å². The summed E-state index contributed by atoms with van der Waals surface area (Å²) >= 11 is 1.27. The number of halogens is 3. The van der Waals surface area contributed by atoms with Crippen LogP contribution >= 0.6 is 11.3 Å². The van der Waals surface area contributed by atoms with Crippen molar-refractivity contribution >= 4 is 17.4 Å². The van der Waals surface area contributed by atoms with Gasteiger partial charge < -0.3 is 0 Å². The summed E-state index contributed by atoms with van der Waals surface area (Å²) in [5, 5.41) is 0. The van der Waals surface area contributed by atoms with Gasteiger partial charge in [0.15, 0.2) is 4.80 Å². The van der Waals surface area contributed by atoms with Crippen molar-refractivity contribution in [2.45, 2.75) is 19.1 Å². The van der Waals surface area contributed by atoms with Crippen molar-refractivity contribution in [3.63, 3.8) is 0 Å². The van der Waals surface area contributed by atoms with Crippen molar-refractivity contribution < 1.29 is 13.2 Å². The quantitative estimate of drug-likeness (QED) is 0.790. The summed E-state index contributed by atoms with van der Waals surface area (Å²) in [4.78, 5) is 17.1. The molecule has 0 amide bonds. The Morgan fingerprint density at radius 3 is 2.57 bits per heavy atom. The average molecular weight is 312 g/mol. The van der Waals surface area contributed by atoms with Crippen LogP contribution in [0.15, 0.2) is 34.1 Å². The molecule has 0 saturated carbocycles. The molecule has 2 aromatic rings. The van der Waals surface area contributed by atoms with E-state index in [1.54, 1.807) is 10.6 Å². The molecule has 0 saturated heterocycles. The third kappa shape index (κ3) is 2.78. The SMILES string of the molecule is O=c1c(=Cc2ccc(C(F)(F)F)cc2)sc2n1CCCN=2. The van der Waals surface area contributed by atoms with Crippen LogP contribution in [0.1, 0.15) is 17.5 Å². The minimum Gasteiger partial charge on any atom is -0.284 e. The second kappa shape index (κ2) is 5.14. The zero-order valence-electron chi connectivity index (χ0n) is 10.9. The van der Waals surface area contributed by atoms with Gasteiger partial charge in [-0.3, -0.25) is 14.4 Å². The fourth-order valence-corrected chi connectivity index (χ4v) is 3.18. The lowest BCUT2D eigenvalue weighted by atomic mass is 10.1. The number of aromatic nitrogens is 1. The van der Waals surface area contributed by atoms with Crippen LogP contribution < -0.4 is 14.9 Å². The van der Waals surface area contributed by atoms with Crippen molar-refractivity contribution in [3.05, 3.63) is 55.1 Å². The molecule has 0 spiro atoms. The minimum absolute atomic E-state index is 0.127. The van der Waals surface area contributed by atoms with Crippen molar-refractivity contribution in [2.24, 2.45) is 4.99 Å². The number of fused-ring (bicyclic) bond motifs is 1. The molecule has 0 fully saturated rings. The Labute approximate surface area is 121 Å². The Morgan fingerprint density at radius 1 is 1.24 bits per heavy atom. The molecular formula is C14H11F3N2OS. The number of hydrogen-bond donors (Lipinski definition) is 0. The van der Waals surface area contributed by atoms with E-state index in [0.29, 0.717) is 28.0 Å². The first-order valence-electron chi connectivity index (χ1n) is 6.38. The van der Waals surface area contributed by atoms with Gasteiger partial charge in [0.05, 0.1) is 10.1 Å². The molecule has 0 aliphatic carbocycles. The van der Waals surface area contributed by atoms with Crippen LogP contribution in [-0.4, -0.2) is 11.1 Å². The first-order valence-corrected chi connectivity index (χ1v) is 7.20. The van der Waals surface area contributed by atoms with Crippen molar-refractivity contribution in [1.29, 1.82) is 0 Å². The van der Waals surface area contributed by atoms with Gasteiger partial charge >= 0.3 is 6.18 Å². The molecule has 21 heavy (non-hydrogen) atoms. The van der Waals surface area contributed by atoms with Crippen LogP contribution in [0, 0.1) is 0 Å². The molecule has 0 radical (unpaired) electrons. The van der Waals surface area contributed by atoms with Crippen molar-refractivity contribution in [3.8, 4) is 0 Å². The summed E-state index contributed by atoms with van der Waals surface area (Å²) in [5.41, 5.74) is -0.255. The van der Waals surface area contributed by atoms with Gasteiger partial charge in [-0.25, -0.2) is 0 Å². The van der Waals surface area contributed by atoms with Gasteiger partial charge in [-0.1, -0.05) is 23.5 Å². The van der Waals surface area contributed by atoms with Gasteiger partial charge in [0.1, 0.15) is 0 Å². The van der Waals surface area contributed by atoms with Gasteiger partial charge in [0, 0.05) is 13.1 Å². The average Bonchev–Trinajstić information content (AvgIpc) is 2.76. The number of nitrogens with zero attached hydrogens (tertiary/aromatic N) is 2. The summed E-state index contributed by atoms with van der Waals surface area (Å²) < 4.78 is 39.6. The fraction of sp³-hybridized carbons (Fsp3) is 0.286. The Bertz CT molecular complexity index is 831. The number of hydrogen-bond acceptors (Lipinski definition) is 3. The molecule has 1 aromatic heterocycles. The van der Waals surface area contributed by atoms with E-state index in [1.165, 1.54) is 23.5 Å². The van der Waals surface area contributed by atoms with E-state index >= 15 is 0 Å². The summed E-state index contributed by atoms with van der Waals surface area (Å²) in [6.45, 7) is 1.36. The lowest BCUT2D eigenvalue weighted by molar-refractivity contribution is -0.137. The topological polar surface area (TPSA) is 34.4 Å². The lowest BCUT2D eigenvalue weighted by Crippen LogP contribution is -2.33. The first-order chi connectivity index (χ1) is 9.95. The molecule has 7 heteroatoms. The van der Waals surface area contributed by atoms with Gasteiger partial charge in [-0.15, -0.1) is 0 Å². The highest BCUT2D eigenvalue weighted by molar-refractivity contribution is 7.07. The van der Waals surface area contributed by atoms with E-state index in [0.717, 1.165) is 18.6 Å². The van der Waals surface area contributed by atoms with Crippen LogP contribution in [-0.2, 0) is 12.7 Å². The molecular weight excluding hydrogens is 301 g/mol. The molecule has 3 nitrogen and oxygen atoms in total. The van der Waals surface area contributed by atoms with E-state index in [-0.39, 0.29) is 5.56 Å². The smallest absolute Gasteiger partial charge is 0.284 e. The maximum Gasteiger partial charge on any atom is 0.416 e. The molecule has 2 heterocycles. The highest BCUT2D eigenvalue weighted by Crippen LogP contribution is 2.29. The third-order valence-electron chi connectivity index (χ3n) is 3.21. The lowest BCUT2D eigenvalue weighted by Gasteiger charge is -2.05. The standard InChI is InChI=1S/C14H11F3N2OS/c15-14(16,17)10-4-2-9(3-5-10)8-11-12(20)19-7-1-6-18-13(19)21-11/h2-5,8H,1,6-7H2. The fourth-order valence-electron chi connectivity index (χ4n) is 2.15. The Balaban J connectivity index is 2.04. The maximum atomic E-state index is 12.5. The molecule has 0 N–H and O–H groups in total. The van der Waals surface area contributed by atoms with Crippen molar-refractivity contribution in [2.75, 3.05) is 6.54 Å². The summed E-state index contributed by atoms with van der Waals surface area (Å²) in [7, 11) is 0. The van der Waals surface area contributed by atoms with Gasteiger partial charge in [-0.2, -0.15) is 13.2 Å². The molecule has 0 bridgehead atoms. The summed E-state index contributed by atoms with van der Waals surface area (Å²) in [6.07, 6.45) is -1.91. The summed E-state index contributed by atoms with van der Waals surface area (Å²) in [5.74, 6) is 0. The molecule has 0 unspecified atom stereocenters. The van der Waals surface area contributed by atoms with Crippen LogP contribution in [0.25, 0.3) is 6.08 Å². The molecule has 3 rings (SSSR count). The second-order valence-electron chi connectivity index (χ2n) is 4.71. The molecule has 110 valence electrons. The first kappa shape index (κ1) is 14.1. The molecule has 1 aliphatic heterocycles. The molecule has 1 aliphatic rings. The number of benzene rings is 1. The predicted octanol–water partition coefficient (Wildman–Crippen LogP) is 1.78. The normalized spacial score (nSPS) is 15.7. The van der Waals surface area contributed by atoms with Gasteiger partial charge in [0.2, 0.25) is 0 Å². The summed E-state index contributed by atoms with van der Waals surface area (Å²) in [6, 6.07) is 4.76. The van der Waals surface area contributed by atoms with E-state index in [9.17, 15) is 18.0 Å². The minimum atomic E-state index is -4.35. The number of rotatable bonds is 1. The predicted molar refractivity (Wildman–Crippen MR) is 73.9 cm³/mol. The third-order valence-corrected chi connectivity index (χ3v) is 4.26. The highest BCUT2D eigenvalue weighted by atomic mass is 32.1. The van der Waals surface area contributed by atoms with E-state index in [4.69, 9.17) is 0 Å². The van der Waals surface area contributed by atoms with Crippen LogP contribution in [0.2, 0.25) is 0 Å². The van der Waals surface area contributed by atoms with Gasteiger partial charge in [0.25, 0.3) is 5.56 Å².